The van der Waals surface area contributed by atoms with Crippen LogP contribution in [0.5, 0.6) is 11.5 Å². The van der Waals surface area contributed by atoms with E-state index in [9.17, 15) is 4.79 Å². The lowest BCUT2D eigenvalue weighted by atomic mass is 9.94. The van der Waals surface area contributed by atoms with Crippen LogP contribution in [0.4, 0.5) is 5.69 Å². The number of fused-ring (bicyclic) bond motifs is 1. The first-order chi connectivity index (χ1) is 16.6. The van der Waals surface area contributed by atoms with E-state index in [0.717, 1.165) is 28.3 Å². The standard InChI is InChI=1S/C25H27Cl2N3O4S/c1-25(2,3)13-30-17-10-9-14(26)11-16(17)21(15-7-6-8-18(32-4)22(15)33-5)34-19(23(30)31)12-20-28-24(27)35-29-20/h6-11,19,21H,12-13H2,1-5H3/t19-,21-/m1/s1. The highest BCUT2D eigenvalue weighted by atomic mass is 35.5. The lowest BCUT2D eigenvalue weighted by Gasteiger charge is -2.31. The average Bonchev–Trinajstić information content (AvgIpc) is 3.19. The summed E-state index contributed by atoms with van der Waals surface area (Å²) in [6, 6.07) is 11.1. The van der Waals surface area contributed by atoms with Crippen LogP contribution in [0.1, 0.15) is 43.8 Å². The molecule has 2 atom stereocenters. The average molecular weight is 536 g/mol. The monoisotopic (exact) mass is 535 g/mol. The second-order valence-corrected chi connectivity index (χ2v) is 11.2. The molecule has 1 aliphatic heterocycles. The van der Waals surface area contributed by atoms with Crippen molar-refractivity contribution in [1.29, 1.82) is 0 Å². The van der Waals surface area contributed by atoms with Crippen LogP contribution in [0.2, 0.25) is 9.49 Å². The van der Waals surface area contributed by atoms with E-state index in [1.807, 2.05) is 30.3 Å². The third-order valence-electron chi connectivity index (χ3n) is 5.56. The zero-order chi connectivity index (χ0) is 25.3. The minimum absolute atomic E-state index is 0.174. The topological polar surface area (TPSA) is 73.8 Å². The lowest BCUT2D eigenvalue weighted by molar-refractivity contribution is -0.132. The van der Waals surface area contributed by atoms with Crippen molar-refractivity contribution in [2.75, 3.05) is 25.7 Å². The Bertz CT molecular complexity index is 1230. The molecule has 0 radical (unpaired) electrons. The van der Waals surface area contributed by atoms with Crippen molar-refractivity contribution in [1.82, 2.24) is 9.36 Å². The Labute approximate surface area is 219 Å². The summed E-state index contributed by atoms with van der Waals surface area (Å²) in [5.41, 5.74) is 2.03. The second-order valence-electron chi connectivity index (χ2n) is 9.44. The number of halogens is 2. The first-order valence-electron chi connectivity index (χ1n) is 11.1. The number of ether oxygens (including phenoxy) is 3. The Kier molecular flexibility index (Phi) is 7.57. The maximum atomic E-state index is 14.0. The van der Waals surface area contributed by atoms with Crippen molar-refractivity contribution in [3.63, 3.8) is 0 Å². The van der Waals surface area contributed by atoms with Gasteiger partial charge in [0, 0.05) is 34.8 Å². The third-order valence-corrected chi connectivity index (χ3v) is 6.63. The number of methoxy groups -OCH3 is 2. The van der Waals surface area contributed by atoms with Gasteiger partial charge < -0.3 is 19.1 Å². The molecule has 0 fully saturated rings. The van der Waals surface area contributed by atoms with Crippen molar-refractivity contribution in [3.8, 4) is 11.5 Å². The van der Waals surface area contributed by atoms with Gasteiger partial charge >= 0.3 is 0 Å². The van der Waals surface area contributed by atoms with E-state index in [1.165, 1.54) is 0 Å². The predicted molar refractivity (Wildman–Crippen MR) is 138 cm³/mol. The van der Waals surface area contributed by atoms with Gasteiger partial charge in [-0.05, 0) is 52.8 Å². The normalized spacial score (nSPS) is 18.3. The van der Waals surface area contributed by atoms with Gasteiger partial charge in [0.15, 0.2) is 11.5 Å². The smallest absolute Gasteiger partial charge is 0.256 e. The van der Waals surface area contributed by atoms with Crippen molar-refractivity contribution in [2.45, 2.75) is 39.4 Å². The fourth-order valence-corrected chi connectivity index (χ4v) is 5.01. The summed E-state index contributed by atoms with van der Waals surface area (Å²) in [5.74, 6) is 1.35. The summed E-state index contributed by atoms with van der Waals surface area (Å²) in [6.07, 6.45) is -1.36. The number of hydrogen-bond acceptors (Lipinski definition) is 7. The van der Waals surface area contributed by atoms with Crippen LogP contribution in [0.25, 0.3) is 0 Å². The van der Waals surface area contributed by atoms with Gasteiger partial charge in [-0.25, -0.2) is 4.98 Å². The number of carbonyl (C=O) groups excluding carboxylic acids is 1. The van der Waals surface area contributed by atoms with Gasteiger partial charge in [0.1, 0.15) is 18.0 Å². The number of anilines is 1. The Balaban J connectivity index is 1.91. The zero-order valence-electron chi connectivity index (χ0n) is 20.2. The molecule has 2 aromatic carbocycles. The molecule has 35 heavy (non-hydrogen) atoms. The van der Waals surface area contributed by atoms with Crippen molar-refractivity contribution < 1.29 is 19.0 Å². The molecule has 3 aromatic rings. The summed E-state index contributed by atoms with van der Waals surface area (Å²) in [5, 5.41) is 0.536. The van der Waals surface area contributed by atoms with Gasteiger partial charge in [0.2, 0.25) is 4.47 Å². The first kappa shape index (κ1) is 25.7. The molecule has 186 valence electrons. The van der Waals surface area contributed by atoms with Crippen molar-refractivity contribution >= 4 is 46.3 Å². The van der Waals surface area contributed by atoms with E-state index >= 15 is 0 Å². The molecule has 1 aromatic heterocycles. The minimum atomic E-state index is -0.866. The van der Waals surface area contributed by atoms with E-state index in [4.69, 9.17) is 37.4 Å². The number of aromatic nitrogens is 2. The molecule has 0 bridgehead atoms. The van der Waals surface area contributed by atoms with Crippen LogP contribution < -0.4 is 14.4 Å². The Morgan fingerprint density at radius 3 is 2.51 bits per heavy atom. The van der Waals surface area contributed by atoms with E-state index < -0.39 is 12.2 Å². The largest absolute Gasteiger partial charge is 0.493 e. The number of hydrogen-bond donors (Lipinski definition) is 0. The van der Waals surface area contributed by atoms with Crippen LogP contribution in [0, 0.1) is 5.41 Å². The molecule has 7 nitrogen and oxygen atoms in total. The molecule has 0 unspecified atom stereocenters. The number of rotatable bonds is 6. The molecule has 0 saturated heterocycles. The molecule has 0 spiro atoms. The predicted octanol–water partition coefficient (Wildman–Crippen LogP) is 5.97. The van der Waals surface area contributed by atoms with Gasteiger partial charge in [0.25, 0.3) is 5.91 Å². The highest BCUT2D eigenvalue weighted by Gasteiger charge is 2.39. The quantitative estimate of drug-likeness (QED) is 0.387. The van der Waals surface area contributed by atoms with Gasteiger partial charge in [-0.15, -0.1) is 0 Å². The molecule has 4 rings (SSSR count). The Morgan fingerprint density at radius 1 is 1.11 bits per heavy atom. The number of para-hydroxylation sites is 1. The molecule has 1 amide bonds. The van der Waals surface area contributed by atoms with E-state index in [0.29, 0.717) is 33.4 Å². The van der Waals surface area contributed by atoms with Gasteiger partial charge in [-0.3, -0.25) is 4.79 Å². The van der Waals surface area contributed by atoms with E-state index in [1.54, 1.807) is 25.2 Å². The molecular formula is C25H27Cl2N3O4S. The van der Waals surface area contributed by atoms with Crippen LogP contribution in [-0.2, 0) is 16.0 Å². The number of carbonyl (C=O) groups is 1. The third kappa shape index (κ3) is 5.56. The fourth-order valence-electron chi connectivity index (χ4n) is 4.18. The van der Waals surface area contributed by atoms with Crippen LogP contribution in [-0.4, -0.2) is 42.1 Å². The molecule has 10 heteroatoms. The van der Waals surface area contributed by atoms with Gasteiger partial charge in [-0.1, -0.05) is 44.5 Å². The molecule has 0 saturated carbocycles. The molecule has 0 aliphatic carbocycles. The van der Waals surface area contributed by atoms with Crippen LogP contribution >= 0.6 is 34.7 Å². The summed E-state index contributed by atoms with van der Waals surface area (Å²) >= 11 is 13.5. The molecule has 2 heterocycles. The van der Waals surface area contributed by atoms with Crippen LogP contribution in [0.3, 0.4) is 0 Å². The van der Waals surface area contributed by atoms with Crippen molar-refractivity contribution in [2.24, 2.45) is 5.41 Å². The SMILES string of the molecule is COc1cccc([C@H]2O[C@H](Cc3nsc(Cl)n3)C(=O)N(CC(C)(C)C)c3ccc(Cl)cc32)c1OC. The van der Waals surface area contributed by atoms with Gasteiger partial charge in [0.05, 0.1) is 14.2 Å². The summed E-state index contributed by atoms with van der Waals surface area (Å²) in [7, 11) is 3.15. The Hall–Kier alpha value is -2.39. The highest BCUT2D eigenvalue weighted by Crippen LogP contribution is 2.45. The lowest BCUT2D eigenvalue weighted by Crippen LogP contribution is -2.44. The zero-order valence-corrected chi connectivity index (χ0v) is 22.5. The van der Waals surface area contributed by atoms with Gasteiger partial charge in [-0.2, -0.15) is 4.37 Å². The summed E-state index contributed by atoms with van der Waals surface area (Å²) in [6.45, 7) is 6.73. The highest BCUT2D eigenvalue weighted by molar-refractivity contribution is 7.10. The number of nitrogens with zero attached hydrogens (tertiary/aromatic N) is 3. The van der Waals surface area contributed by atoms with Crippen molar-refractivity contribution in [3.05, 3.63) is 62.8 Å². The fraction of sp³-hybridized carbons (Fsp3) is 0.400. The maximum absolute atomic E-state index is 14.0. The minimum Gasteiger partial charge on any atom is -0.493 e. The summed E-state index contributed by atoms with van der Waals surface area (Å²) < 4.78 is 22.4. The van der Waals surface area contributed by atoms with Crippen LogP contribution in [0.15, 0.2) is 36.4 Å². The number of amides is 1. The Morgan fingerprint density at radius 2 is 1.89 bits per heavy atom. The molecule has 0 N–H and O–H groups in total. The van der Waals surface area contributed by atoms with E-state index in [2.05, 4.69) is 30.1 Å². The first-order valence-corrected chi connectivity index (χ1v) is 12.6. The summed E-state index contributed by atoms with van der Waals surface area (Å²) in [4.78, 5) is 20.0. The number of benzene rings is 2. The maximum Gasteiger partial charge on any atom is 0.256 e. The molecular weight excluding hydrogens is 509 g/mol. The molecule has 1 aliphatic rings. The second kappa shape index (κ2) is 10.3. The van der Waals surface area contributed by atoms with E-state index in [-0.39, 0.29) is 17.7 Å².